The van der Waals surface area contributed by atoms with Gasteiger partial charge in [-0.25, -0.2) is 0 Å². The van der Waals surface area contributed by atoms with E-state index in [2.05, 4.69) is 35.6 Å². The maximum atomic E-state index is 13.7. The second-order valence-electron chi connectivity index (χ2n) is 11.4. The van der Waals surface area contributed by atoms with Crippen LogP contribution in [0.1, 0.15) is 75.0 Å². The van der Waals surface area contributed by atoms with Gasteiger partial charge in [0.25, 0.3) is 0 Å². The zero-order chi connectivity index (χ0) is 26.6. The van der Waals surface area contributed by atoms with Gasteiger partial charge in [-0.15, -0.1) is 0 Å². The molecule has 2 aromatic carbocycles. The summed E-state index contributed by atoms with van der Waals surface area (Å²) in [5.74, 6) is -0.507. The van der Waals surface area contributed by atoms with E-state index in [0.717, 1.165) is 32.1 Å². The van der Waals surface area contributed by atoms with Crippen molar-refractivity contribution in [2.45, 2.75) is 81.7 Å². The number of primary amides is 1. The Hall–Kier alpha value is -3.19. The highest BCUT2D eigenvalue weighted by Gasteiger charge is 2.46. The molecule has 1 aliphatic heterocycles. The number of carbonyl (C=O) groups is 3. The van der Waals surface area contributed by atoms with Gasteiger partial charge in [0.1, 0.15) is 6.04 Å². The van der Waals surface area contributed by atoms with Crippen molar-refractivity contribution < 1.29 is 14.4 Å². The molecule has 2 aliphatic rings. The van der Waals surface area contributed by atoms with Gasteiger partial charge in [0, 0.05) is 19.5 Å². The molecule has 0 radical (unpaired) electrons. The van der Waals surface area contributed by atoms with E-state index in [4.69, 9.17) is 11.5 Å². The van der Waals surface area contributed by atoms with Crippen molar-refractivity contribution in [1.82, 2.24) is 10.2 Å². The number of nitrogens with two attached hydrogens (primary N) is 2. The van der Waals surface area contributed by atoms with Gasteiger partial charge < -0.3 is 21.7 Å². The third kappa shape index (κ3) is 6.21. The number of piperidine rings is 1. The smallest absolute Gasteiger partial charge is 0.245 e. The molecule has 0 aromatic heterocycles. The fourth-order valence-corrected chi connectivity index (χ4v) is 6.06. The zero-order valence-corrected chi connectivity index (χ0v) is 22.0. The minimum atomic E-state index is -1.06. The summed E-state index contributed by atoms with van der Waals surface area (Å²) in [6.07, 6.45) is 5.08. The van der Waals surface area contributed by atoms with Crippen LogP contribution in [0.5, 0.6) is 0 Å². The van der Waals surface area contributed by atoms with Crippen LogP contribution in [-0.2, 0) is 26.2 Å². The normalized spacial score (nSPS) is 19.3. The summed E-state index contributed by atoms with van der Waals surface area (Å²) in [5.41, 5.74) is 14.2. The average Bonchev–Trinajstić information content (AvgIpc) is 3.15. The predicted molar refractivity (Wildman–Crippen MR) is 145 cm³/mol. The Morgan fingerprint density at radius 2 is 1.70 bits per heavy atom. The summed E-state index contributed by atoms with van der Waals surface area (Å²) in [5, 5.41) is 2.94. The largest absolute Gasteiger partial charge is 0.370 e. The summed E-state index contributed by atoms with van der Waals surface area (Å²) in [7, 11) is 0. The first kappa shape index (κ1) is 26.9. The van der Waals surface area contributed by atoms with Gasteiger partial charge in [0.2, 0.25) is 17.7 Å². The number of fused-ring (bicyclic) bond motifs is 2. The molecule has 198 valence electrons. The molecular formula is C30H40N4O3. The highest BCUT2D eigenvalue weighted by molar-refractivity contribution is 5.91. The summed E-state index contributed by atoms with van der Waals surface area (Å²) < 4.78 is 0. The number of nitrogens with one attached hydrogen (secondary N) is 1. The Labute approximate surface area is 220 Å². The number of carbonyl (C=O) groups excluding carboxylic acids is 3. The Kier molecular flexibility index (Phi) is 8.02. The van der Waals surface area contributed by atoms with Crippen LogP contribution in [0.15, 0.2) is 54.6 Å². The van der Waals surface area contributed by atoms with Gasteiger partial charge in [-0.1, -0.05) is 54.6 Å². The van der Waals surface area contributed by atoms with E-state index in [1.165, 1.54) is 16.7 Å². The predicted octanol–water partition coefficient (Wildman–Crippen LogP) is 3.15. The van der Waals surface area contributed by atoms with Crippen LogP contribution in [0.2, 0.25) is 0 Å². The highest BCUT2D eigenvalue weighted by atomic mass is 16.2. The van der Waals surface area contributed by atoms with Gasteiger partial charge in [-0.3, -0.25) is 14.4 Å². The molecule has 1 saturated heterocycles. The van der Waals surface area contributed by atoms with Crippen LogP contribution < -0.4 is 16.8 Å². The van der Waals surface area contributed by atoms with Crippen molar-refractivity contribution in [2.24, 2.45) is 11.5 Å². The molecule has 7 heteroatoms. The van der Waals surface area contributed by atoms with E-state index in [-0.39, 0.29) is 29.1 Å². The lowest BCUT2D eigenvalue weighted by atomic mass is 9.73. The fraction of sp³-hybridized carbons (Fsp3) is 0.500. The molecule has 2 atom stereocenters. The molecule has 0 saturated carbocycles. The van der Waals surface area contributed by atoms with Crippen molar-refractivity contribution in [2.75, 3.05) is 13.1 Å². The number of hydrogen-bond acceptors (Lipinski definition) is 4. The van der Waals surface area contributed by atoms with Gasteiger partial charge in [0.05, 0.1) is 5.54 Å². The number of benzene rings is 2. The zero-order valence-electron chi connectivity index (χ0n) is 22.0. The maximum Gasteiger partial charge on any atom is 0.245 e. The van der Waals surface area contributed by atoms with Gasteiger partial charge in [-0.2, -0.15) is 0 Å². The average molecular weight is 505 g/mol. The second kappa shape index (κ2) is 11.1. The first-order chi connectivity index (χ1) is 17.6. The molecule has 3 amide bonds. The summed E-state index contributed by atoms with van der Waals surface area (Å²) in [4.78, 5) is 40.0. The molecule has 1 spiro atoms. The van der Waals surface area contributed by atoms with Crippen LogP contribution >= 0.6 is 0 Å². The Morgan fingerprint density at radius 3 is 2.35 bits per heavy atom. The third-order valence-electron chi connectivity index (χ3n) is 8.08. The van der Waals surface area contributed by atoms with Crippen LogP contribution in [0.3, 0.4) is 0 Å². The quantitative estimate of drug-likeness (QED) is 0.486. The van der Waals surface area contributed by atoms with Gasteiger partial charge >= 0.3 is 0 Å². The molecule has 7 nitrogen and oxygen atoms in total. The van der Waals surface area contributed by atoms with E-state index < -0.39 is 11.6 Å². The number of hydrogen-bond donors (Lipinski definition) is 3. The third-order valence-corrected chi connectivity index (χ3v) is 8.08. The number of amides is 3. The van der Waals surface area contributed by atoms with E-state index in [1.807, 2.05) is 29.2 Å². The van der Waals surface area contributed by atoms with Crippen LogP contribution in [0, 0.1) is 0 Å². The summed E-state index contributed by atoms with van der Waals surface area (Å²) in [6.45, 7) is 4.54. The minimum absolute atomic E-state index is 0.0412. The van der Waals surface area contributed by atoms with Crippen molar-refractivity contribution >= 4 is 17.7 Å². The van der Waals surface area contributed by atoms with Crippen LogP contribution in [0.4, 0.5) is 0 Å². The molecule has 0 bridgehead atoms. The topological polar surface area (TPSA) is 119 Å². The van der Waals surface area contributed by atoms with Crippen molar-refractivity contribution in [3.63, 3.8) is 0 Å². The molecule has 1 heterocycles. The first-order valence-corrected chi connectivity index (χ1v) is 13.4. The van der Waals surface area contributed by atoms with E-state index in [1.54, 1.807) is 13.8 Å². The summed E-state index contributed by atoms with van der Waals surface area (Å²) in [6, 6.07) is 17.9. The van der Waals surface area contributed by atoms with Gasteiger partial charge in [0.15, 0.2) is 0 Å². The van der Waals surface area contributed by atoms with E-state index in [0.29, 0.717) is 25.9 Å². The van der Waals surface area contributed by atoms with Crippen LogP contribution in [0.25, 0.3) is 0 Å². The van der Waals surface area contributed by atoms with Gasteiger partial charge in [-0.05, 0) is 80.4 Å². The monoisotopic (exact) mass is 504 g/mol. The number of aryl methyl sites for hydroxylation is 1. The highest BCUT2D eigenvalue weighted by Crippen LogP contribution is 2.52. The Bertz CT molecular complexity index is 1120. The SMILES string of the molecule is CC(C)(N)C(=O)NC(CCCc1ccccc1)C(=O)N1CCC2(CC1)CC(CC(N)=O)c1ccccc12. The molecule has 5 N–H and O–H groups in total. The van der Waals surface area contributed by atoms with Crippen molar-refractivity contribution in [1.29, 1.82) is 0 Å². The lowest BCUT2D eigenvalue weighted by Gasteiger charge is -2.41. The Balaban J connectivity index is 1.44. The molecule has 2 aromatic rings. The van der Waals surface area contributed by atoms with Crippen molar-refractivity contribution in [3.05, 3.63) is 71.3 Å². The molecule has 1 fully saturated rings. The number of likely N-dealkylation sites (tertiary alicyclic amines) is 1. The number of nitrogens with zero attached hydrogens (tertiary/aromatic N) is 1. The van der Waals surface area contributed by atoms with Crippen LogP contribution in [-0.4, -0.2) is 47.3 Å². The van der Waals surface area contributed by atoms with E-state index in [9.17, 15) is 14.4 Å². The standard InChI is InChI=1S/C30H40N4O3/c1-29(2,32)28(37)33-25(14-8-11-21-9-4-3-5-10-21)27(36)34-17-15-30(16-18-34)20-22(19-26(31)35)23-12-6-7-13-24(23)30/h3-7,9-10,12-13,22,25H,8,11,14-20,32H2,1-2H3,(H2,31,35)(H,33,37). The minimum Gasteiger partial charge on any atom is -0.370 e. The maximum absolute atomic E-state index is 13.7. The molecule has 4 rings (SSSR count). The Morgan fingerprint density at radius 1 is 1.05 bits per heavy atom. The summed E-state index contributed by atoms with van der Waals surface area (Å²) >= 11 is 0. The molecule has 37 heavy (non-hydrogen) atoms. The lowest BCUT2D eigenvalue weighted by molar-refractivity contribution is -0.139. The molecule has 2 unspecified atom stereocenters. The number of rotatable bonds is 9. The van der Waals surface area contributed by atoms with Crippen molar-refractivity contribution in [3.8, 4) is 0 Å². The fourth-order valence-electron chi connectivity index (χ4n) is 6.06. The lowest BCUT2D eigenvalue weighted by Crippen LogP contribution is -2.57. The molecular weight excluding hydrogens is 464 g/mol. The first-order valence-electron chi connectivity index (χ1n) is 13.4. The second-order valence-corrected chi connectivity index (χ2v) is 11.4. The molecule has 1 aliphatic carbocycles. The van der Waals surface area contributed by atoms with E-state index >= 15 is 0 Å².